The summed E-state index contributed by atoms with van der Waals surface area (Å²) in [6.07, 6.45) is 2.40. The molecule has 0 spiro atoms. The number of carbonyl (C=O) groups is 1. The summed E-state index contributed by atoms with van der Waals surface area (Å²) < 4.78 is 33.5. The van der Waals surface area contributed by atoms with Crippen molar-refractivity contribution in [1.82, 2.24) is 4.72 Å². The molecule has 0 fully saturated rings. The molecule has 1 heterocycles. The van der Waals surface area contributed by atoms with Crippen LogP contribution in [0.5, 0.6) is 5.75 Å². The second-order valence-corrected chi connectivity index (χ2v) is 9.29. The van der Waals surface area contributed by atoms with E-state index in [1.165, 1.54) is 0 Å². The normalized spacial score (nSPS) is 15.4. The topological polar surface area (TPSA) is 120 Å². The van der Waals surface area contributed by atoms with Gasteiger partial charge in [0.15, 0.2) is 5.75 Å². The minimum Gasteiger partial charge on any atom is -0.493 e. The third kappa shape index (κ3) is 4.76. The molecule has 168 valence electrons. The minimum atomic E-state index is -4.10. The van der Waals surface area contributed by atoms with Gasteiger partial charge in [-0.2, -0.15) is 13.7 Å². The van der Waals surface area contributed by atoms with Crippen molar-refractivity contribution in [2.45, 2.75) is 19.8 Å². The van der Waals surface area contributed by atoms with Crippen LogP contribution in [0.4, 0.5) is 5.69 Å². The van der Waals surface area contributed by atoms with Gasteiger partial charge in [0.05, 0.1) is 17.8 Å². The van der Waals surface area contributed by atoms with Crippen LogP contribution in [0.3, 0.4) is 0 Å². The lowest BCUT2D eigenvalue weighted by Gasteiger charge is -2.19. The number of hydrogen-bond donors (Lipinski definition) is 2. The monoisotopic (exact) mass is 463 g/mol. The lowest BCUT2D eigenvalue weighted by molar-refractivity contribution is 0.0735. The zero-order chi connectivity index (χ0) is 23.6. The van der Waals surface area contributed by atoms with Gasteiger partial charge in [0.1, 0.15) is 5.69 Å². The van der Waals surface area contributed by atoms with E-state index in [0.717, 1.165) is 26.8 Å². The molecule has 0 saturated heterocycles. The number of hydrogen-bond acceptors (Lipinski definition) is 6. The summed E-state index contributed by atoms with van der Waals surface area (Å²) in [7, 11) is -4.10. The number of aliphatic hydroxyl groups is 1. The van der Waals surface area contributed by atoms with Gasteiger partial charge >= 0.3 is 16.2 Å². The molecule has 33 heavy (non-hydrogen) atoms. The van der Waals surface area contributed by atoms with E-state index in [-0.39, 0.29) is 17.4 Å². The Morgan fingerprint density at radius 1 is 1.15 bits per heavy atom. The van der Waals surface area contributed by atoms with Gasteiger partial charge < -0.3 is 9.84 Å². The van der Waals surface area contributed by atoms with Crippen molar-refractivity contribution in [3.05, 3.63) is 83.9 Å². The highest BCUT2D eigenvalue weighted by Gasteiger charge is 2.32. The van der Waals surface area contributed by atoms with Gasteiger partial charge in [-0.1, -0.05) is 36.4 Å². The Labute approximate surface area is 191 Å². The number of rotatable bonds is 6. The molecule has 1 atom stereocenters. The second-order valence-electron chi connectivity index (χ2n) is 7.74. The number of aliphatic hydroxyl groups excluding tert-OH is 1. The summed E-state index contributed by atoms with van der Waals surface area (Å²) in [6.45, 7) is 1.86. The Morgan fingerprint density at radius 2 is 1.91 bits per heavy atom. The van der Waals surface area contributed by atoms with E-state index in [0.29, 0.717) is 18.4 Å². The molecule has 0 aliphatic carbocycles. The lowest BCUT2D eigenvalue weighted by atomic mass is 9.99. The average molecular weight is 464 g/mol. The number of anilines is 1. The Bertz CT molecular complexity index is 1390. The first-order valence-corrected chi connectivity index (χ1v) is 11.7. The zero-order valence-corrected chi connectivity index (χ0v) is 18.5. The van der Waals surface area contributed by atoms with Gasteiger partial charge in [0, 0.05) is 5.92 Å². The van der Waals surface area contributed by atoms with Gasteiger partial charge in [-0.15, -0.1) is 0 Å². The fourth-order valence-electron chi connectivity index (χ4n) is 3.49. The molecule has 0 saturated carbocycles. The van der Waals surface area contributed by atoms with Crippen molar-refractivity contribution >= 4 is 32.6 Å². The van der Waals surface area contributed by atoms with E-state index < -0.39 is 22.1 Å². The maximum absolute atomic E-state index is 12.7. The van der Waals surface area contributed by atoms with E-state index in [1.807, 2.05) is 29.8 Å². The van der Waals surface area contributed by atoms with Crippen molar-refractivity contribution in [3.63, 3.8) is 0 Å². The predicted molar refractivity (Wildman–Crippen MR) is 124 cm³/mol. The molecule has 8 nitrogen and oxygen atoms in total. The van der Waals surface area contributed by atoms with Gasteiger partial charge in [-0.25, -0.2) is 13.8 Å². The highest BCUT2D eigenvalue weighted by molar-refractivity contribution is 7.91. The Kier molecular flexibility index (Phi) is 5.94. The zero-order valence-electron chi connectivity index (χ0n) is 17.7. The molecule has 0 aromatic heterocycles. The summed E-state index contributed by atoms with van der Waals surface area (Å²) in [5, 5.41) is 20.2. The minimum absolute atomic E-state index is 0.0264. The van der Waals surface area contributed by atoms with E-state index >= 15 is 0 Å². The maximum atomic E-state index is 12.7. The summed E-state index contributed by atoms with van der Waals surface area (Å²) in [5.41, 5.74) is 1.38. The number of fused-ring (bicyclic) bond motifs is 1. The largest absolute Gasteiger partial charge is 0.493 e. The Morgan fingerprint density at radius 3 is 2.58 bits per heavy atom. The molecule has 9 heteroatoms. The second kappa shape index (κ2) is 8.84. The number of esters is 1. The molecule has 3 aromatic rings. The van der Waals surface area contributed by atoms with E-state index in [2.05, 4.69) is 6.07 Å². The van der Waals surface area contributed by atoms with Crippen LogP contribution in [0, 0.1) is 17.2 Å². The number of benzene rings is 3. The molecular formula is C24H21N3O5S. The number of nitrogens with zero attached hydrogens (tertiary/aromatic N) is 2. The molecule has 0 radical (unpaired) electrons. The molecule has 1 aliphatic heterocycles. The van der Waals surface area contributed by atoms with Crippen LogP contribution >= 0.6 is 0 Å². The lowest BCUT2D eigenvalue weighted by Crippen LogP contribution is -2.30. The quantitative estimate of drug-likeness (QED) is 0.418. The van der Waals surface area contributed by atoms with Crippen molar-refractivity contribution in [2.24, 2.45) is 5.92 Å². The Balaban J connectivity index is 1.78. The highest BCUT2D eigenvalue weighted by Crippen LogP contribution is 2.37. The van der Waals surface area contributed by atoms with Crippen LogP contribution in [0.15, 0.2) is 72.7 Å². The SMILES string of the molecule is CC(C#N)CCc1ccc2cc(OC(=O)c3ccccc3)c(N3C=C(O)NS3(=O)=O)cc2c1. The van der Waals surface area contributed by atoms with Gasteiger partial charge in [0.2, 0.25) is 5.88 Å². The summed E-state index contributed by atoms with van der Waals surface area (Å²) >= 11 is 0. The smallest absolute Gasteiger partial charge is 0.343 e. The number of nitrogens with one attached hydrogen (secondary N) is 1. The summed E-state index contributed by atoms with van der Waals surface area (Å²) in [6, 6.07) is 19.4. The van der Waals surface area contributed by atoms with Crippen LogP contribution in [-0.4, -0.2) is 19.5 Å². The standard InChI is InChI=1S/C24H21N3O5S/c1-16(14-25)7-8-17-9-10-19-13-22(32-24(29)18-5-3-2-4-6-18)21(12-20(19)11-17)27-15-23(28)26-33(27,30)31/h2-6,9-13,15-16,26,28H,7-8H2,1H3. The number of carbonyl (C=O) groups excluding carboxylic acids is 1. The number of aryl methyl sites for hydroxylation is 1. The van der Waals surface area contributed by atoms with E-state index in [1.54, 1.807) is 42.5 Å². The van der Waals surface area contributed by atoms with Gasteiger partial charge in [0.25, 0.3) is 0 Å². The third-order valence-corrected chi connectivity index (χ3v) is 6.54. The molecule has 0 bridgehead atoms. The van der Waals surface area contributed by atoms with Crippen molar-refractivity contribution < 1.29 is 23.1 Å². The first kappa shape index (κ1) is 22.2. The first-order valence-electron chi connectivity index (χ1n) is 10.2. The first-order chi connectivity index (χ1) is 15.8. The van der Waals surface area contributed by atoms with Crippen LogP contribution < -0.4 is 13.8 Å². The molecule has 4 rings (SSSR count). The molecule has 1 aliphatic rings. The van der Waals surface area contributed by atoms with Crippen LogP contribution in [-0.2, 0) is 16.6 Å². The van der Waals surface area contributed by atoms with Crippen LogP contribution in [0.1, 0.15) is 29.3 Å². The average Bonchev–Trinajstić information content (AvgIpc) is 3.08. The fraction of sp³-hybridized carbons (Fsp3) is 0.167. The predicted octanol–water partition coefficient (Wildman–Crippen LogP) is 4.16. The third-order valence-electron chi connectivity index (χ3n) is 5.25. The molecule has 1 unspecified atom stereocenters. The van der Waals surface area contributed by atoms with Gasteiger partial charge in [-0.05, 0) is 60.4 Å². The van der Waals surface area contributed by atoms with Gasteiger partial charge in [-0.3, -0.25) is 0 Å². The number of ether oxygens (including phenoxy) is 1. The molecule has 0 amide bonds. The fourth-order valence-corrected chi connectivity index (χ4v) is 4.55. The number of nitriles is 1. The van der Waals surface area contributed by atoms with E-state index in [9.17, 15) is 18.3 Å². The highest BCUT2D eigenvalue weighted by atomic mass is 32.2. The Hall–Kier alpha value is -4.03. The van der Waals surface area contributed by atoms with E-state index in [4.69, 9.17) is 10.00 Å². The summed E-state index contributed by atoms with van der Waals surface area (Å²) in [5.74, 6) is -1.24. The van der Waals surface area contributed by atoms with Crippen LogP contribution in [0.2, 0.25) is 0 Å². The maximum Gasteiger partial charge on any atom is 0.343 e. The summed E-state index contributed by atoms with van der Waals surface area (Å²) in [4.78, 5) is 12.7. The molecule has 2 N–H and O–H groups in total. The van der Waals surface area contributed by atoms with Crippen molar-refractivity contribution in [3.8, 4) is 11.8 Å². The van der Waals surface area contributed by atoms with Crippen molar-refractivity contribution in [2.75, 3.05) is 4.31 Å². The molecule has 3 aromatic carbocycles. The van der Waals surface area contributed by atoms with Crippen molar-refractivity contribution in [1.29, 1.82) is 5.26 Å². The molecular weight excluding hydrogens is 442 g/mol. The van der Waals surface area contributed by atoms with Crippen LogP contribution in [0.25, 0.3) is 10.8 Å².